The van der Waals surface area contributed by atoms with E-state index in [9.17, 15) is 14.0 Å². The third-order valence-electron chi connectivity index (χ3n) is 8.22. The largest absolute Gasteiger partial charge is 0.381 e. The number of fused-ring (bicyclic) bond motifs is 1. The van der Waals surface area contributed by atoms with Gasteiger partial charge < -0.3 is 15.0 Å². The molecule has 39 heavy (non-hydrogen) atoms. The zero-order valence-electron chi connectivity index (χ0n) is 23.8. The molecule has 1 N–H and O–H groups in total. The molecule has 4 rings (SSSR count). The first-order chi connectivity index (χ1) is 18.7. The number of nitrogens with zero attached hydrogens (tertiary/aromatic N) is 2. The Morgan fingerprint density at radius 1 is 1.00 bits per heavy atom. The summed E-state index contributed by atoms with van der Waals surface area (Å²) < 4.78 is 19.4. The third-order valence-corrected chi connectivity index (χ3v) is 8.22. The number of carbonyl (C=O) groups is 2. The molecule has 2 aromatic carbocycles. The minimum absolute atomic E-state index is 0.0278. The number of ether oxygens (including phenoxy) is 1. The Labute approximate surface area is 232 Å². The van der Waals surface area contributed by atoms with Gasteiger partial charge in [0.1, 0.15) is 5.82 Å². The second-order valence-corrected chi connectivity index (χ2v) is 11.7. The maximum Gasteiger partial charge on any atom is 0.251 e. The van der Waals surface area contributed by atoms with E-state index in [-0.39, 0.29) is 17.6 Å². The number of nitrogens with one attached hydrogen (secondary N) is 1. The van der Waals surface area contributed by atoms with Crippen molar-refractivity contribution in [3.63, 3.8) is 0 Å². The highest BCUT2D eigenvalue weighted by Gasteiger charge is 2.26. The van der Waals surface area contributed by atoms with Crippen molar-refractivity contribution in [3.8, 4) is 0 Å². The Balaban J connectivity index is 1.60. The number of benzene rings is 2. The molecule has 1 saturated heterocycles. The lowest BCUT2D eigenvalue weighted by atomic mass is 9.84. The minimum atomic E-state index is -0.431. The Morgan fingerprint density at radius 3 is 2.44 bits per heavy atom. The number of hydrogen-bond donors (Lipinski definition) is 1. The predicted octanol–water partition coefficient (Wildman–Crippen LogP) is 5.83. The first kappa shape index (κ1) is 29.2. The van der Waals surface area contributed by atoms with Gasteiger partial charge in [-0.25, -0.2) is 4.39 Å². The van der Waals surface area contributed by atoms with Crippen LogP contribution in [0.15, 0.2) is 42.5 Å². The van der Waals surface area contributed by atoms with Crippen molar-refractivity contribution in [2.45, 2.75) is 83.7 Å². The van der Waals surface area contributed by atoms with Gasteiger partial charge in [-0.3, -0.25) is 14.5 Å². The van der Waals surface area contributed by atoms with E-state index < -0.39 is 5.41 Å². The predicted molar refractivity (Wildman–Crippen MR) is 154 cm³/mol. The molecule has 0 atom stereocenters. The molecule has 7 heteroatoms. The fraction of sp³-hybridized carbons (Fsp3) is 0.562. The van der Waals surface area contributed by atoms with Crippen molar-refractivity contribution in [1.82, 2.24) is 10.2 Å². The van der Waals surface area contributed by atoms with Gasteiger partial charge in [0, 0.05) is 62.5 Å². The maximum absolute atomic E-state index is 13.8. The van der Waals surface area contributed by atoms with Gasteiger partial charge in [-0.2, -0.15) is 0 Å². The molecule has 0 aliphatic carbocycles. The number of hydrogen-bond acceptors (Lipinski definition) is 4. The van der Waals surface area contributed by atoms with Crippen LogP contribution in [-0.4, -0.2) is 55.6 Å². The van der Waals surface area contributed by atoms with Crippen LogP contribution in [-0.2, 0) is 21.5 Å². The molecule has 0 saturated carbocycles. The molecule has 2 aliphatic rings. The van der Waals surface area contributed by atoms with Crippen LogP contribution in [0, 0.1) is 5.82 Å². The lowest BCUT2D eigenvalue weighted by molar-refractivity contribution is -0.116. The minimum Gasteiger partial charge on any atom is -0.381 e. The summed E-state index contributed by atoms with van der Waals surface area (Å²) in [6, 6.07) is 12.7. The molecule has 2 heterocycles. The normalized spacial score (nSPS) is 18.5. The molecule has 2 aliphatic heterocycles. The quantitative estimate of drug-likeness (QED) is 0.521. The van der Waals surface area contributed by atoms with E-state index in [4.69, 9.17) is 4.74 Å². The average Bonchev–Trinajstić information content (AvgIpc) is 2.92. The Morgan fingerprint density at radius 2 is 1.72 bits per heavy atom. The van der Waals surface area contributed by atoms with Gasteiger partial charge in [0.25, 0.3) is 5.91 Å². The van der Waals surface area contributed by atoms with Crippen molar-refractivity contribution in [2.75, 3.05) is 37.7 Å². The molecule has 2 aromatic rings. The van der Waals surface area contributed by atoms with Crippen LogP contribution in [0.2, 0.25) is 0 Å². The molecule has 1 fully saturated rings. The standard InChI is InChI=1S/C32H44FN3O3/c1-24(37)36-17-8-6-4-5-7-16-35(29-14-18-39-19-15-29)22-26-20-25(12-13-30(26)36)31(38)34-23-32(2,3)27-10-9-11-28(33)21-27/h9-13,20-21,29H,4-8,14-19,22-23H2,1-3H3,(H,34,38). The summed E-state index contributed by atoms with van der Waals surface area (Å²) in [5.74, 6) is -0.420. The monoisotopic (exact) mass is 537 g/mol. The lowest BCUT2D eigenvalue weighted by Gasteiger charge is -2.36. The zero-order valence-corrected chi connectivity index (χ0v) is 23.8. The summed E-state index contributed by atoms with van der Waals surface area (Å²) in [4.78, 5) is 30.5. The van der Waals surface area contributed by atoms with Gasteiger partial charge in [-0.15, -0.1) is 0 Å². The van der Waals surface area contributed by atoms with Crippen molar-refractivity contribution >= 4 is 17.5 Å². The highest BCUT2D eigenvalue weighted by atomic mass is 19.1. The first-order valence-electron chi connectivity index (χ1n) is 14.5. The van der Waals surface area contributed by atoms with Crippen LogP contribution < -0.4 is 10.2 Å². The zero-order chi connectivity index (χ0) is 27.8. The topological polar surface area (TPSA) is 61.9 Å². The van der Waals surface area contributed by atoms with E-state index in [2.05, 4.69) is 10.2 Å². The molecular formula is C32H44FN3O3. The summed E-state index contributed by atoms with van der Waals surface area (Å²) in [6.45, 7) is 9.93. The van der Waals surface area contributed by atoms with Crippen LogP contribution in [0.25, 0.3) is 0 Å². The van der Waals surface area contributed by atoms with Crippen molar-refractivity contribution < 1.29 is 18.7 Å². The van der Waals surface area contributed by atoms with Crippen molar-refractivity contribution in [3.05, 3.63) is 65.0 Å². The van der Waals surface area contributed by atoms with Gasteiger partial charge in [-0.1, -0.05) is 45.2 Å². The summed E-state index contributed by atoms with van der Waals surface area (Å²) in [5.41, 5.74) is 2.89. The van der Waals surface area contributed by atoms with E-state index in [1.54, 1.807) is 13.0 Å². The lowest BCUT2D eigenvalue weighted by Crippen LogP contribution is -2.40. The highest BCUT2D eigenvalue weighted by Crippen LogP contribution is 2.29. The van der Waals surface area contributed by atoms with Crippen LogP contribution in [0.1, 0.15) is 87.2 Å². The maximum atomic E-state index is 13.8. The summed E-state index contributed by atoms with van der Waals surface area (Å²) in [7, 11) is 0. The summed E-state index contributed by atoms with van der Waals surface area (Å²) in [5, 5.41) is 3.07. The molecule has 212 valence electrons. The molecule has 0 radical (unpaired) electrons. The van der Waals surface area contributed by atoms with Gasteiger partial charge >= 0.3 is 0 Å². The molecule has 2 amide bonds. The van der Waals surface area contributed by atoms with Crippen LogP contribution in [0.3, 0.4) is 0 Å². The van der Waals surface area contributed by atoms with Crippen molar-refractivity contribution in [1.29, 1.82) is 0 Å². The number of amides is 2. The van der Waals surface area contributed by atoms with Gasteiger partial charge in [-0.05, 0) is 73.7 Å². The number of halogens is 1. The molecule has 0 aromatic heterocycles. The van der Waals surface area contributed by atoms with Crippen LogP contribution in [0.5, 0.6) is 0 Å². The smallest absolute Gasteiger partial charge is 0.251 e. The van der Waals surface area contributed by atoms with Crippen LogP contribution >= 0.6 is 0 Å². The fourth-order valence-corrected chi connectivity index (χ4v) is 5.75. The first-order valence-corrected chi connectivity index (χ1v) is 14.5. The Hall–Kier alpha value is -2.77. The second-order valence-electron chi connectivity index (χ2n) is 11.7. The number of rotatable bonds is 5. The number of carbonyl (C=O) groups excluding carboxylic acids is 2. The molecule has 0 spiro atoms. The SMILES string of the molecule is CC(=O)N1CCCCCCCN(C2CCOCC2)Cc2cc(C(=O)NCC(C)(C)c3cccc(F)c3)ccc21. The van der Waals surface area contributed by atoms with Crippen molar-refractivity contribution in [2.24, 2.45) is 0 Å². The fourth-order valence-electron chi connectivity index (χ4n) is 5.75. The second kappa shape index (κ2) is 13.5. The average molecular weight is 538 g/mol. The van der Waals surface area contributed by atoms with E-state index in [0.717, 1.165) is 68.7 Å². The summed E-state index contributed by atoms with van der Waals surface area (Å²) in [6.07, 6.45) is 7.61. The van der Waals surface area contributed by atoms with Gasteiger partial charge in [0.15, 0.2) is 0 Å². The molecular weight excluding hydrogens is 493 g/mol. The van der Waals surface area contributed by atoms with Gasteiger partial charge in [0.2, 0.25) is 5.91 Å². The summed E-state index contributed by atoms with van der Waals surface area (Å²) >= 11 is 0. The van der Waals surface area contributed by atoms with Crippen LogP contribution in [0.4, 0.5) is 10.1 Å². The molecule has 0 unspecified atom stereocenters. The van der Waals surface area contributed by atoms with E-state index in [0.29, 0.717) is 31.2 Å². The molecule has 6 nitrogen and oxygen atoms in total. The highest BCUT2D eigenvalue weighted by molar-refractivity contribution is 5.97. The Bertz CT molecular complexity index is 1130. The van der Waals surface area contributed by atoms with Gasteiger partial charge in [0.05, 0.1) is 0 Å². The van der Waals surface area contributed by atoms with E-state index >= 15 is 0 Å². The molecule has 0 bridgehead atoms. The third kappa shape index (κ3) is 7.89. The van der Waals surface area contributed by atoms with E-state index in [1.807, 2.05) is 43.0 Å². The Kier molecular flexibility index (Phi) is 10.1. The number of anilines is 1. The van der Waals surface area contributed by atoms with E-state index in [1.165, 1.54) is 25.0 Å².